The third-order valence-corrected chi connectivity index (χ3v) is 5.57. The van der Waals surface area contributed by atoms with Crippen LogP contribution in [0, 0.1) is 6.92 Å². The number of ketones is 1. The number of hydrogen-bond acceptors (Lipinski definition) is 7. The Morgan fingerprint density at radius 1 is 0.943 bits per heavy atom. The number of methoxy groups -OCH3 is 2. The van der Waals surface area contributed by atoms with E-state index in [1.165, 1.54) is 6.07 Å². The van der Waals surface area contributed by atoms with Gasteiger partial charge in [0, 0.05) is 34.6 Å². The molecule has 0 fully saturated rings. The summed E-state index contributed by atoms with van der Waals surface area (Å²) in [5.74, 6) is 1.22. The molecule has 0 radical (unpaired) electrons. The number of fused-ring (bicyclic) bond motifs is 1. The van der Waals surface area contributed by atoms with E-state index in [1.54, 1.807) is 51.5 Å². The molecular formula is C27H23NO7. The molecule has 1 aromatic heterocycles. The van der Waals surface area contributed by atoms with Crippen LogP contribution in [0.25, 0.3) is 22.1 Å². The number of rotatable bonds is 7. The first-order valence-electron chi connectivity index (χ1n) is 10.7. The van der Waals surface area contributed by atoms with Crippen molar-refractivity contribution in [2.24, 2.45) is 5.73 Å². The zero-order chi connectivity index (χ0) is 25.1. The molecule has 178 valence electrons. The summed E-state index contributed by atoms with van der Waals surface area (Å²) < 4.78 is 21.1. The molecule has 0 aliphatic heterocycles. The molecule has 1 amide bonds. The van der Waals surface area contributed by atoms with Crippen LogP contribution < -0.4 is 25.6 Å². The number of hydrogen-bond donors (Lipinski definition) is 1. The van der Waals surface area contributed by atoms with Crippen molar-refractivity contribution in [3.8, 4) is 28.4 Å². The Hall–Kier alpha value is -4.59. The van der Waals surface area contributed by atoms with Gasteiger partial charge in [-0.05, 0) is 60.5 Å². The molecule has 0 unspecified atom stereocenters. The van der Waals surface area contributed by atoms with E-state index >= 15 is 0 Å². The molecule has 2 N–H and O–H groups in total. The molecule has 8 heteroatoms. The molecule has 0 bridgehead atoms. The Labute approximate surface area is 200 Å². The minimum absolute atomic E-state index is 0.152. The lowest BCUT2D eigenvalue weighted by Crippen LogP contribution is -2.17. The van der Waals surface area contributed by atoms with E-state index in [-0.39, 0.29) is 29.1 Å². The zero-order valence-electron chi connectivity index (χ0n) is 19.4. The Kier molecular flexibility index (Phi) is 6.55. The average molecular weight is 473 g/mol. The number of benzene rings is 3. The van der Waals surface area contributed by atoms with Gasteiger partial charge in [-0.15, -0.1) is 0 Å². The number of carbonyl (C=O) groups excluding carboxylic acids is 2. The summed E-state index contributed by atoms with van der Waals surface area (Å²) in [4.78, 5) is 36.8. The number of carbonyl (C=O) groups is 2. The van der Waals surface area contributed by atoms with Crippen molar-refractivity contribution in [2.45, 2.75) is 13.3 Å². The summed E-state index contributed by atoms with van der Waals surface area (Å²) in [6.07, 6.45) is -1.12. The highest BCUT2D eigenvalue weighted by Crippen LogP contribution is 2.33. The summed E-state index contributed by atoms with van der Waals surface area (Å²) in [7, 11) is 3.14. The van der Waals surface area contributed by atoms with Gasteiger partial charge in [-0.2, -0.15) is 0 Å². The number of amides is 1. The van der Waals surface area contributed by atoms with Crippen molar-refractivity contribution in [1.29, 1.82) is 0 Å². The van der Waals surface area contributed by atoms with Gasteiger partial charge in [-0.25, -0.2) is 9.59 Å². The molecule has 0 aliphatic carbocycles. The maximum absolute atomic E-state index is 13.1. The third-order valence-electron chi connectivity index (χ3n) is 5.57. The van der Waals surface area contributed by atoms with Crippen molar-refractivity contribution in [2.75, 3.05) is 14.2 Å². The maximum atomic E-state index is 13.1. The number of primary amides is 1. The summed E-state index contributed by atoms with van der Waals surface area (Å²) >= 11 is 0. The lowest BCUT2D eigenvalue weighted by atomic mass is 9.97. The van der Waals surface area contributed by atoms with Crippen LogP contribution in [0.2, 0.25) is 0 Å². The van der Waals surface area contributed by atoms with Crippen molar-refractivity contribution >= 4 is 22.8 Å². The van der Waals surface area contributed by atoms with Crippen LogP contribution in [0.15, 0.2) is 69.9 Å². The highest BCUT2D eigenvalue weighted by atomic mass is 16.5. The van der Waals surface area contributed by atoms with Crippen molar-refractivity contribution in [3.63, 3.8) is 0 Å². The Morgan fingerprint density at radius 2 is 1.74 bits per heavy atom. The van der Waals surface area contributed by atoms with Crippen LogP contribution in [0.1, 0.15) is 21.5 Å². The molecule has 8 nitrogen and oxygen atoms in total. The second-order valence-electron chi connectivity index (χ2n) is 7.88. The molecule has 1 heterocycles. The van der Waals surface area contributed by atoms with Crippen molar-refractivity contribution in [1.82, 2.24) is 0 Å². The van der Waals surface area contributed by atoms with Gasteiger partial charge in [-0.1, -0.05) is 12.1 Å². The Morgan fingerprint density at radius 3 is 2.46 bits per heavy atom. The van der Waals surface area contributed by atoms with Gasteiger partial charge in [0.1, 0.15) is 22.8 Å². The monoisotopic (exact) mass is 473 g/mol. The van der Waals surface area contributed by atoms with E-state index in [0.717, 1.165) is 11.1 Å². The van der Waals surface area contributed by atoms with Gasteiger partial charge in [0.2, 0.25) is 0 Å². The summed E-state index contributed by atoms with van der Waals surface area (Å²) in [6.45, 7) is 1.73. The largest absolute Gasteiger partial charge is 0.497 e. The van der Waals surface area contributed by atoms with Gasteiger partial charge >= 0.3 is 11.7 Å². The highest BCUT2D eigenvalue weighted by Gasteiger charge is 2.17. The van der Waals surface area contributed by atoms with E-state index in [4.69, 9.17) is 24.4 Å². The van der Waals surface area contributed by atoms with Gasteiger partial charge in [0.05, 0.1) is 14.2 Å². The molecule has 4 aromatic rings. The fraction of sp³-hybridized carbons (Fsp3) is 0.148. The van der Waals surface area contributed by atoms with Gasteiger partial charge < -0.3 is 24.4 Å². The Bertz CT molecular complexity index is 1500. The number of Topliss-reactive ketones (excluding diaryl/α,β-unsaturated/α-hetero) is 1. The van der Waals surface area contributed by atoms with Gasteiger partial charge in [0.15, 0.2) is 5.78 Å². The van der Waals surface area contributed by atoms with E-state index in [9.17, 15) is 14.4 Å². The smallest absolute Gasteiger partial charge is 0.409 e. The normalized spacial score (nSPS) is 10.7. The molecule has 0 saturated heterocycles. The van der Waals surface area contributed by atoms with Gasteiger partial charge in [0.25, 0.3) is 0 Å². The highest BCUT2D eigenvalue weighted by molar-refractivity contribution is 5.99. The number of nitrogens with two attached hydrogens (primary N) is 1. The predicted octanol–water partition coefficient (Wildman–Crippen LogP) is 4.67. The van der Waals surface area contributed by atoms with Gasteiger partial charge in [-0.3, -0.25) is 4.79 Å². The minimum atomic E-state index is -0.968. The van der Waals surface area contributed by atoms with Crippen LogP contribution in [-0.2, 0) is 6.42 Å². The lowest BCUT2D eigenvalue weighted by molar-refractivity contribution is 0.0992. The molecule has 0 spiro atoms. The second kappa shape index (κ2) is 9.72. The number of aryl methyl sites for hydroxylation is 1. The van der Waals surface area contributed by atoms with E-state index < -0.39 is 11.7 Å². The van der Waals surface area contributed by atoms with E-state index in [2.05, 4.69) is 0 Å². The molecule has 4 rings (SSSR count). The average Bonchev–Trinajstić information content (AvgIpc) is 2.84. The fourth-order valence-corrected chi connectivity index (χ4v) is 3.82. The predicted molar refractivity (Wildman–Crippen MR) is 130 cm³/mol. The lowest BCUT2D eigenvalue weighted by Gasteiger charge is -2.12. The fourth-order valence-electron chi connectivity index (χ4n) is 3.82. The number of ether oxygens (including phenoxy) is 3. The summed E-state index contributed by atoms with van der Waals surface area (Å²) in [5, 5.41) is 0.591. The standard InChI is InChI=1S/C27H23NO7/c1-15-9-18-10-19(26(30)34-25(18)14-24(15)35-27(28)31)13-22(29)17-7-8-23(33-3)21(12-17)16-5-4-6-20(11-16)32-2/h4-12,14H,13H2,1-3H3,(H2,28,31). The zero-order valence-corrected chi connectivity index (χ0v) is 19.4. The van der Waals surface area contributed by atoms with E-state index in [1.807, 2.05) is 24.3 Å². The summed E-state index contributed by atoms with van der Waals surface area (Å²) in [6, 6.07) is 17.3. The van der Waals surface area contributed by atoms with Crippen molar-refractivity contribution in [3.05, 3.63) is 87.8 Å². The van der Waals surface area contributed by atoms with Crippen molar-refractivity contribution < 1.29 is 28.2 Å². The third kappa shape index (κ3) is 5.01. The van der Waals surface area contributed by atoms with Crippen LogP contribution in [0.3, 0.4) is 0 Å². The second-order valence-corrected chi connectivity index (χ2v) is 7.88. The van der Waals surface area contributed by atoms with Crippen LogP contribution >= 0.6 is 0 Å². The first kappa shape index (κ1) is 23.6. The first-order valence-corrected chi connectivity index (χ1v) is 10.7. The molecule has 35 heavy (non-hydrogen) atoms. The Balaban J connectivity index is 1.67. The van der Waals surface area contributed by atoms with Crippen LogP contribution in [0.5, 0.6) is 17.2 Å². The molecule has 3 aromatic carbocycles. The molecule has 0 atom stereocenters. The SMILES string of the molecule is COc1cccc(-c2cc(C(=O)Cc3cc4cc(C)c(OC(N)=O)cc4oc3=O)ccc2OC)c1. The molecular weight excluding hydrogens is 450 g/mol. The maximum Gasteiger partial charge on any atom is 0.409 e. The minimum Gasteiger partial charge on any atom is -0.497 e. The van der Waals surface area contributed by atoms with E-state index in [0.29, 0.717) is 28.0 Å². The van der Waals surface area contributed by atoms with Crippen LogP contribution in [-0.4, -0.2) is 26.1 Å². The molecule has 0 aliphatic rings. The topological polar surface area (TPSA) is 118 Å². The molecule has 0 saturated carbocycles. The quantitative estimate of drug-likeness (QED) is 0.306. The first-order chi connectivity index (χ1) is 16.8. The van der Waals surface area contributed by atoms with Crippen LogP contribution in [0.4, 0.5) is 4.79 Å². The summed E-state index contributed by atoms with van der Waals surface area (Å²) in [5.41, 5.74) is 7.45.